The minimum absolute atomic E-state index is 0.0868. The van der Waals surface area contributed by atoms with Crippen LogP contribution >= 0.6 is 0 Å². The maximum atomic E-state index is 11.9. The van der Waals surface area contributed by atoms with Crippen LogP contribution in [0.1, 0.15) is 12.8 Å². The summed E-state index contributed by atoms with van der Waals surface area (Å²) in [4.78, 5) is 18.2. The van der Waals surface area contributed by atoms with Crippen LogP contribution in [0.25, 0.3) is 0 Å². The van der Waals surface area contributed by atoms with Crippen molar-refractivity contribution in [2.24, 2.45) is 0 Å². The lowest BCUT2D eigenvalue weighted by Gasteiger charge is -2.29. The van der Waals surface area contributed by atoms with E-state index in [4.69, 9.17) is 0 Å². The second kappa shape index (κ2) is 7.24. The van der Waals surface area contributed by atoms with E-state index in [1.807, 2.05) is 0 Å². The van der Waals surface area contributed by atoms with Gasteiger partial charge >= 0.3 is 6.03 Å². The van der Waals surface area contributed by atoms with Gasteiger partial charge in [0.2, 0.25) is 10.0 Å². The van der Waals surface area contributed by atoms with Crippen LogP contribution in [-0.2, 0) is 10.0 Å². The van der Waals surface area contributed by atoms with Gasteiger partial charge in [-0.05, 0) is 45.1 Å². The van der Waals surface area contributed by atoms with Crippen molar-refractivity contribution < 1.29 is 13.2 Å². The highest BCUT2D eigenvalue weighted by molar-refractivity contribution is 7.89. The molecule has 2 amide bonds. The van der Waals surface area contributed by atoms with E-state index < -0.39 is 10.0 Å². The van der Waals surface area contributed by atoms with Crippen molar-refractivity contribution in [3.05, 3.63) is 18.3 Å². The number of hydrogen-bond acceptors (Lipinski definition) is 5. The first-order valence-corrected chi connectivity index (χ1v) is 8.87. The molecule has 1 aliphatic rings. The summed E-state index contributed by atoms with van der Waals surface area (Å²) in [6.45, 7) is 1.92. The summed E-state index contributed by atoms with van der Waals surface area (Å²) >= 11 is 0. The topological polar surface area (TPSA) is 94.6 Å². The molecular formula is C14H23N5O3S. The number of nitrogens with zero attached hydrogens (tertiary/aromatic N) is 3. The van der Waals surface area contributed by atoms with E-state index in [-0.39, 0.29) is 17.0 Å². The number of hydrogen-bond donors (Lipinski definition) is 2. The van der Waals surface area contributed by atoms with Gasteiger partial charge < -0.3 is 10.2 Å². The second-order valence-electron chi connectivity index (χ2n) is 5.84. The smallest absolute Gasteiger partial charge is 0.320 e. The number of carbonyl (C=O) groups is 1. The normalized spacial score (nSPS) is 17.2. The summed E-state index contributed by atoms with van der Waals surface area (Å²) in [7, 11) is 1.46. The molecule has 128 valence electrons. The van der Waals surface area contributed by atoms with E-state index in [1.54, 1.807) is 0 Å². The molecule has 0 radical (unpaired) electrons. The number of anilines is 1. The zero-order valence-electron chi connectivity index (χ0n) is 13.6. The Labute approximate surface area is 136 Å². The molecule has 0 aliphatic carbocycles. The molecule has 2 heterocycles. The van der Waals surface area contributed by atoms with Crippen LogP contribution < -0.4 is 10.6 Å². The van der Waals surface area contributed by atoms with Crippen LogP contribution in [0, 0.1) is 0 Å². The number of carbonyl (C=O) groups excluding carboxylic acids is 1. The Balaban J connectivity index is 1.92. The summed E-state index contributed by atoms with van der Waals surface area (Å²) in [5, 5.41) is 5.53. The third-order valence-corrected chi connectivity index (χ3v) is 5.61. The molecule has 9 heteroatoms. The third kappa shape index (κ3) is 4.63. The molecule has 0 saturated carbocycles. The van der Waals surface area contributed by atoms with Crippen molar-refractivity contribution in [3.8, 4) is 0 Å². The number of piperidine rings is 1. The average molecular weight is 341 g/mol. The minimum atomic E-state index is -3.51. The standard InChI is InChI=1S/C14H23N5O3S/c1-18(2)23(21,22)12-4-5-13(15-10-12)17-14(20)16-11-6-8-19(3)9-7-11/h4-5,10-11H,6-9H2,1-3H3,(H2,15,16,17,20). The quantitative estimate of drug-likeness (QED) is 0.834. The maximum absolute atomic E-state index is 11.9. The highest BCUT2D eigenvalue weighted by Crippen LogP contribution is 2.14. The molecule has 1 aromatic rings. The van der Waals surface area contributed by atoms with E-state index in [9.17, 15) is 13.2 Å². The number of urea groups is 1. The number of pyridine rings is 1. The molecule has 2 N–H and O–H groups in total. The molecule has 0 unspecified atom stereocenters. The fourth-order valence-electron chi connectivity index (χ4n) is 2.31. The van der Waals surface area contributed by atoms with E-state index in [0.29, 0.717) is 5.82 Å². The van der Waals surface area contributed by atoms with Crippen molar-refractivity contribution in [3.63, 3.8) is 0 Å². The van der Waals surface area contributed by atoms with Gasteiger partial charge in [0.05, 0.1) is 0 Å². The first-order valence-electron chi connectivity index (χ1n) is 7.43. The highest BCUT2D eigenvalue weighted by Gasteiger charge is 2.19. The summed E-state index contributed by atoms with van der Waals surface area (Å²) in [5.41, 5.74) is 0. The lowest BCUT2D eigenvalue weighted by molar-refractivity contribution is 0.221. The summed E-state index contributed by atoms with van der Waals surface area (Å²) in [5.74, 6) is 0.313. The lowest BCUT2D eigenvalue weighted by atomic mass is 10.1. The van der Waals surface area contributed by atoms with Crippen molar-refractivity contribution in [2.75, 3.05) is 39.5 Å². The zero-order valence-corrected chi connectivity index (χ0v) is 14.4. The summed E-state index contributed by atoms with van der Waals surface area (Å²) in [6, 6.07) is 2.73. The Hall–Kier alpha value is -1.71. The predicted octanol–water partition coefficient (Wildman–Crippen LogP) is 0.548. The molecule has 1 fully saturated rings. The SMILES string of the molecule is CN1CCC(NC(=O)Nc2ccc(S(=O)(=O)N(C)C)cn2)CC1. The van der Waals surface area contributed by atoms with Gasteiger partial charge in [-0.15, -0.1) is 0 Å². The average Bonchev–Trinajstić information content (AvgIpc) is 2.50. The van der Waals surface area contributed by atoms with Crippen molar-refractivity contribution in [2.45, 2.75) is 23.8 Å². The number of rotatable bonds is 4. The Bertz CT molecular complexity index is 637. The number of amides is 2. The molecule has 0 spiro atoms. The van der Waals surface area contributed by atoms with Gasteiger partial charge in [-0.2, -0.15) is 0 Å². The number of aromatic nitrogens is 1. The molecular weight excluding hydrogens is 318 g/mol. The maximum Gasteiger partial charge on any atom is 0.320 e. The van der Waals surface area contributed by atoms with Crippen LogP contribution in [0.5, 0.6) is 0 Å². The number of nitrogens with one attached hydrogen (secondary N) is 2. The Morgan fingerprint density at radius 3 is 2.48 bits per heavy atom. The van der Waals surface area contributed by atoms with Gasteiger partial charge in [0.1, 0.15) is 10.7 Å². The van der Waals surface area contributed by atoms with Crippen LogP contribution in [0.2, 0.25) is 0 Å². The minimum Gasteiger partial charge on any atom is -0.335 e. The molecule has 1 saturated heterocycles. The van der Waals surface area contributed by atoms with Crippen molar-refractivity contribution in [1.82, 2.24) is 19.5 Å². The molecule has 2 rings (SSSR count). The first kappa shape index (κ1) is 17.6. The van der Waals surface area contributed by atoms with Crippen LogP contribution in [0.3, 0.4) is 0 Å². The van der Waals surface area contributed by atoms with Gasteiger partial charge in [-0.3, -0.25) is 5.32 Å². The van der Waals surface area contributed by atoms with Crippen LogP contribution in [0.4, 0.5) is 10.6 Å². The largest absolute Gasteiger partial charge is 0.335 e. The van der Waals surface area contributed by atoms with Crippen LogP contribution in [0.15, 0.2) is 23.2 Å². The van der Waals surface area contributed by atoms with E-state index in [0.717, 1.165) is 30.2 Å². The van der Waals surface area contributed by atoms with E-state index in [1.165, 1.54) is 32.4 Å². The van der Waals surface area contributed by atoms with Gasteiger partial charge in [0.25, 0.3) is 0 Å². The second-order valence-corrected chi connectivity index (χ2v) is 7.99. The number of sulfonamides is 1. The summed E-state index contributed by atoms with van der Waals surface area (Å²) < 4.78 is 25.0. The highest BCUT2D eigenvalue weighted by atomic mass is 32.2. The van der Waals surface area contributed by atoms with Crippen molar-refractivity contribution >= 4 is 21.9 Å². The van der Waals surface area contributed by atoms with E-state index in [2.05, 4.69) is 27.6 Å². The monoisotopic (exact) mass is 341 g/mol. The van der Waals surface area contributed by atoms with Gasteiger partial charge in [-0.25, -0.2) is 22.5 Å². The molecule has 8 nitrogen and oxygen atoms in total. The third-order valence-electron chi connectivity index (χ3n) is 3.81. The Morgan fingerprint density at radius 1 is 1.30 bits per heavy atom. The summed E-state index contributed by atoms with van der Waals surface area (Å²) in [6.07, 6.45) is 3.06. The van der Waals surface area contributed by atoms with Crippen molar-refractivity contribution in [1.29, 1.82) is 0 Å². The fraction of sp³-hybridized carbons (Fsp3) is 0.571. The van der Waals surface area contributed by atoms with Gasteiger partial charge in [0.15, 0.2) is 0 Å². The van der Waals surface area contributed by atoms with Gasteiger partial charge in [-0.1, -0.05) is 0 Å². The molecule has 0 atom stereocenters. The Morgan fingerprint density at radius 2 is 1.96 bits per heavy atom. The molecule has 1 aromatic heterocycles. The molecule has 1 aliphatic heterocycles. The Kier molecular flexibility index (Phi) is 5.55. The van der Waals surface area contributed by atoms with Crippen LogP contribution in [-0.4, -0.2) is 68.9 Å². The van der Waals surface area contributed by atoms with E-state index >= 15 is 0 Å². The molecule has 0 bridgehead atoms. The predicted molar refractivity (Wildman–Crippen MR) is 87.8 cm³/mol. The van der Waals surface area contributed by atoms with Gasteiger partial charge in [0, 0.05) is 26.3 Å². The first-order chi connectivity index (χ1) is 10.8. The molecule has 0 aromatic carbocycles. The fourth-order valence-corrected chi connectivity index (χ4v) is 3.16. The zero-order chi connectivity index (χ0) is 17.0. The molecule has 23 heavy (non-hydrogen) atoms. The lowest BCUT2D eigenvalue weighted by Crippen LogP contribution is -2.44. The number of likely N-dealkylation sites (tertiary alicyclic amines) is 1.